The number of imidazole rings is 1. The molecule has 6 rings (SSSR count). The van der Waals surface area contributed by atoms with Crippen molar-refractivity contribution in [1.29, 1.82) is 5.41 Å². The third-order valence-corrected chi connectivity index (χ3v) is 8.19. The molecule has 10 nitrogen and oxygen atoms in total. The fourth-order valence-corrected chi connectivity index (χ4v) is 5.45. The number of hydrogen-bond donors (Lipinski definition) is 3. The van der Waals surface area contributed by atoms with Crippen molar-refractivity contribution in [2.75, 3.05) is 24.2 Å². The van der Waals surface area contributed by atoms with Crippen LogP contribution in [0.15, 0.2) is 113 Å². The van der Waals surface area contributed by atoms with Gasteiger partial charge in [0.2, 0.25) is 5.91 Å². The maximum Gasteiger partial charge on any atom is 0.339 e. The number of carbonyl (C=O) groups is 1. The zero-order chi connectivity index (χ0) is 31.6. The normalized spacial score (nSPS) is 15.8. The number of rotatable bonds is 9. The Balaban J connectivity index is 1.30. The Bertz CT molecular complexity index is 1910. The van der Waals surface area contributed by atoms with Gasteiger partial charge >= 0.3 is 5.69 Å². The molecule has 1 saturated carbocycles. The number of anilines is 2. The predicted molar refractivity (Wildman–Crippen MR) is 175 cm³/mol. The standard InChI is InChI=1S/C35H34N6O4/c1-24-20-21-37-34-33(32(24)36)39(26-16-18-30(19-17-26)45-29-13-4-3-5-14-29)35(43)40(34)27-10-6-9-25(23-27)38-31(42)15-8-22-41(2,44)28-11-7-12-28/h3-6,8-10,13-19,21,23,28,36-37H,7,11-12,22H2,1-2H3,(H,38,42)/b15-8+,36-32?. The quantitative estimate of drug-likeness (QED) is 0.0902. The first kappa shape index (κ1) is 29.7. The van der Waals surface area contributed by atoms with Crippen molar-refractivity contribution in [2.45, 2.75) is 32.2 Å². The van der Waals surface area contributed by atoms with Gasteiger partial charge in [0.1, 0.15) is 23.0 Å². The Morgan fingerprint density at radius 2 is 1.80 bits per heavy atom. The number of likely N-dealkylation sites (N-methyl/N-ethyl adjacent to an activating group) is 1. The Morgan fingerprint density at radius 1 is 1.07 bits per heavy atom. The van der Waals surface area contributed by atoms with E-state index in [1.807, 2.05) is 30.3 Å². The maximum absolute atomic E-state index is 14.1. The van der Waals surface area contributed by atoms with E-state index in [4.69, 9.17) is 10.1 Å². The lowest BCUT2D eigenvalue weighted by molar-refractivity contribution is -0.886. The first-order valence-corrected chi connectivity index (χ1v) is 14.8. The molecule has 1 fully saturated rings. The molecule has 2 aliphatic rings. The van der Waals surface area contributed by atoms with Crippen molar-refractivity contribution in [3.8, 4) is 22.9 Å². The third kappa shape index (κ3) is 6.16. The second-order valence-electron chi connectivity index (χ2n) is 11.4. The highest BCUT2D eigenvalue weighted by atomic mass is 16.5. The van der Waals surface area contributed by atoms with Crippen LogP contribution in [0.3, 0.4) is 0 Å². The number of aromatic nitrogens is 2. The molecule has 3 N–H and O–H groups in total. The van der Waals surface area contributed by atoms with Gasteiger partial charge in [0.15, 0.2) is 0 Å². The smallest absolute Gasteiger partial charge is 0.339 e. The number of allylic oxidation sites excluding steroid dienone is 1. The molecule has 1 aliphatic carbocycles. The summed E-state index contributed by atoms with van der Waals surface area (Å²) in [5.41, 5.74) is 5.24. The molecule has 1 amide bonds. The van der Waals surface area contributed by atoms with E-state index in [0.717, 1.165) is 19.3 Å². The van der Waals surface area contributed by atoms with Crippen LogP contribution in [0, 0.1) is 10.6 Å². The van der Waals surface area contributed by atoms with Gasteiger partial charge in [0.05, 0.1) is 36.7 Å². The molecule has 1 atom stereocenters. The van der Waals surface area contributed by atoms with Crippen molar-refractivity contribution in [2.24, 2.45) is 0 Å². The van der Waals surface area contributed by atoms with E-state index in [2.05, 4.69) is 16.4 Å². The summed E-state index contributed by atoms with van der Waals surface area (Å²) in [6, 6.07) is 23.5. The van der Waals surface area contributed by atoms with Crippen LogP contribution in [0.25, 0.3) is 11.4 Å². The fourth-order valence-electron chi connectivity index (χ4n) is 5.45. The van der Waals surface area contributed by atoms with Crippen LogP contribution >= 0.6 is 0 Å². The first-order chi connectivity index (χ1) is 21.7. The molecule has 0 radical (unpaired) electrons. The number of fused-ring (bicyclic) bond motifs is 1. The SMILES string of the molecule is CC1=C=CNc2c(n(-c3ccc(Oc4ccccc4)cc3)c(=O)n2-c2cccc(NC(=O)/C=C/C[N+](C)([O-])C3CCC3)c2)C1=N. The molecular formula is C35H34N6O4. The lowest BCUT2D eigenvalue weighted by atomic mass is 9.91. The number of hydrogen-bond acceptors (Lipinski definition) is 6. The molecule has 45 heavy (non-hydrogen) atoms. The minimum absolute atomic E-state index is 0.0969. The van der Waals surface area contributed by atoms with Crippen LogP contribution in [-0.4, -0.2) is 45.0 Å². The summed E-state index contributed by atoms with van der Waals surface area (Å²) in [4.78, 5) is 26.8. The second kappa shape index (κ2) is 12.3. The molecule has 1 unspecified atom stereocenters. The third-order valence-electron chi connectivity index (χ3n) is 8.19. The molecule has 3 aromatic carbocycles. The summed E-state index contributed by atoms with van der Waals surface area (Å²) in [6.45, 7) is 1.99. The lowest BCUT2D eigenvalue weighted by Gasteiger charge is -2.48. The number of nitrogens with one attached hydrogen (secondary N) is 3. The Morgan fingerprint density at radius 3 is 2.51 bits per heavy atom. The van der Waals surface area contributed by atoms with Crippen LogP contribution < -0.4 is 21.1 Å². The van der Waals surface area contributed by atoms with Gasteiger partial charge in [-0.25, -0.2) is 9.36 Å². The van der Waals surface area contributed by atoms with Crippen LogP contribution in [0.2, 0.25) is 0 Å². The van der Waals surface area contributed by atoms with Gasteiger partial charge in [-0.15, -0.1) is 0 Å². The largest absolute Gasteiger partial charge is 0.633 e. The number of hydroxylamine groups is 3. The first-order valence-electron chi connectivity index (χ1n) is 14.8. The summed E-state index contributed by atoms with van der Waals surface area (Å²) in [5, 5.41) is 27.6. The number of nitrogens with zero attached hydrogens (tertiary/aromatic N) is 3. The van der Waals surface area contributed by atoms with E-state index in [1.54, 1.807) is 74.8 Å². The summed E-state index contributed by atoms with van der Waals surface area (Å²) in [6.07, 6.45) is 7.49. The molecule has 228 valence electrons. The number of benzene rings is 3. The highest BCUT2D eigenvalue weighted by Gasteiger charge is 2.30. The lowest BCUT2D eigenvalue weighted by Crippen LogP contribution is -2.50. The minimum Gasteiger partial charge on any atom is -0.633 e. The number of para-hydroxylation sites is 1. The number of quaternary nitrogens is 1. The van der Waals surface area contributed by atoms with E-state index < -0.39 is 5.69 Å². The zero-order valence-electron chi connectivity index (χ0n) is 25.1. The molecule has 10 heteroatoms. The van der Waals surface area contributed by atoms with Gasteiger partial charge in [-0.2, -0.15) is 0 Å². The molecule has 0 saturated heterocycles. The average molecular weight is 603 g/mol. The van der Waals surface area contributed by atoms with E-state index >= 15 is 0 Å². The molecular weight excluding hydrogens is 568 g/mol. The van der Waals surface area contributed by atoms with E-state index in [0.29, 0.717) is 45.6 Å². The van der Waals surface area contributed by atoms with Gasteiger partial charge in [0, 0.05) is 23.5 Å². The van der Waals surface area contributed by atoms with E-state index in [-0.39, 0.29) is 28.9 Å². The molecule has 0 spiro atoms. The number of amides is 1. The van der Waals surface area contributed by atoms with Crippen molar-refractivity contribution >= 4 is 23.1 Å². The van der Waals surface area contributed by atoms with Gasteiger partial charge in [-0.3, -0.25) is 14.8 Å². The van der Waals surface area contributed by atoms with Gasteiger partial charge in [0.25, 0.3) is 0 Å². The van der Waals surface area contributed by atoms with Crippen molar-refractivity contribution in [1.82, 2.24) is 9.13 Å². The summed E-state index contributed by atoms with van der Waals surface area (Å²) in [5.74, 6) is 1.32. The maximum atomic E-state index is 14.1. The van der Waals surface area contributed by atoms with E-state index in [9.17, 15) is 14.8 Å². The minimum atomic E-state index is -0.399. The van der Waals surface area contributed by atoms with E-state index in [1.165, 1.54) is 15.2 Å². The Hall–Kier alpha value is -5.41. The summed E-state index contributed by atoms with van der Waals surface area (Å²) in [7, 11) is 1.65. The van der Waals surface area contributed by atoms with Gasteiger partial charge < -0.3 is 25.2 Å². The molecule has 2 heterocycles. The molecule has 1 aromatic heterocycles. The number of carbonyl (C=O) groups excluding carboxylic acids is 1. The van der Waals surface area contributed by atoms with Crippen molar-refractivity contribution in [3.63, 3.8) is 0 Å². The van der Waals surface area contributed by atoms with Crippen LogP contribution in [0.1, 0.15) is 31.9 Å². The van der Waals surface area contributed by atoms with Crippen LogP contribution in [0.4, 0.5) is 11.5 Å². The average Bonchev–Trinajstić information content (AvgIpc) is 3.19. The van der Waals surface area contributed by atoms with Gasteiger partial charge in [-0.1, -0.05) is 30.0 Å². The highest BCUT2D eigenvalue weighted by molar-refractivity contribution is 6.13. The predicted octanol–water partition coefficient (Wildman–Crippen LogP) is 6.26. The topological polar surface area (TPSA) is 124 Å². The van der Waals surface area contributed by atoms with Crippen molar-refractivity contribution in [3.05, 3.63) is 130 Å². The fraction of sp³-hybridized carbons (Fsp3) is 0.200. The molecule has 4 aromatic rings. The van der Waals surface area contributed by atoms with Crippen molar-refractivity contribution < 1.29 is 14.2 Å². The summed E-state index contributed by atoms with van der Waals surface area (Å²) >= 11 is 0. The Labute approximate surface area is 260 Å². The van der Waals surface area contributed by atoms with Crippen LogP contribution in [-0.2, 0) is 4.79 Å². The summed E-state index contributed by atoms with van der Waals surface area (Å²) < 4.78 is 8.50. The molecule has 1 aliphatic heterocycles. The zero-order valence-corrected chi connectivity index (χ0v) is 25.1. The number of ether oxygens (including phenoxy) is 1. The Kier molecular flexibility index (Phi) is 8.10. The monoisotopic (exact) mass is 602 g/mol. The van der Waals surface area contributed by atoms with Crippen LogP contribution in [0.5, 0.6) is 11.5 Å². The second-order valence-corrected chi connectivity index (χ2v) is 11.4. The highest BCUT2D eigenvalue weighted by Crippen LogP contribution is 2.30. The molecule has 0 bridgehead atoms. The van der Waals surface area contributed by atoms with Gasteiger partial charge in [-0.05, 0) is 86.9 Å².